The van der Waals surface area contributed by atoms with Crippen molar-refractivity contribution in [3.05, 3.63) is 0 Å². The van der Waals surface area contributed by atoms with E-state index in [0.717, 1.165) is 0 Å². The topological polar surface area (TPSA) is 639 Å². The summed E-state index contributed by atoms with van der Waals surface area (Å²) in [4.78, 5) is 154. The fourth-order valence-corrected chi connectivity index (χ4v) is 1.25. The van der Waals surface area contributed by atoms with Crippen LogP contribution in [0.5, 0.6) is 0 Å². The Hall–Kier alpha value is 18.4. The van der Waals surface area contributed by atoms with Crippen molar-refractivity contribution < 1.29 is 678 Å². The molecule has 1 saturated carbocycles. The van der Waals surface area contributed by atoms with Gasteiger partial charge in [-0.3, -0.25) is 0 Å². The van der Waals surface area contributed by atoms with E-state index >= 15 is 0 Å². The minimum Gasteiger partial charge on any atom is -0.822 e. The van der Waals surface area contributed by atoms with Crippen molar-refractivity contribution in [2.24, 2.45) is 0 Å². The second-order valence-electron chi connectivity index (χ2n) is 5.84. The maximum Gasteiger partial charge on any atom is 1.00 e. The monoisotopic (exact) mass is 1160 g/mol. The largest absolute Gasteiger partial charge is 1.00 e. The first-order valence-corrected chi connectivity index (χ1v) is 16.7. The van der Waals surface area contributed by atoms with Crippen LogP contribution in [0.4, 0.5) is 0 Å². The molecule has 0 radical (unpaired) electrons. The minimum atomic E-state index is -5.39. The molecule has 60 heavy (non-hydrogen) atoms. The summed E-state index contributed by atoms with van der Waals surface area (Å²) in [6.07, 6.45) is -0.547. The summed E-state index contributed by atoms with van der Waals surface area (Å²) < 4.78 is 51.3. The zero-order valence-electron chi connectivity index (χ0n) is 36.8. The fraction of sp³-hybridized carbons (Fsp3) is 1.00. The third-order valence-electron chi connectivity index (χ3n) is 2.17. The molecule has 54 heteroatoms. The standard InChI is InChI=1S/C6H12O6.18Na.6H3O4P/c7-4(8)2-1-3-5(9,10)6(4,11)12;;;;;;;;;;;;;;;;;;;6*1-5(2,3)4/h7-12H,1-3H2;;;;;;;;;;;;;;;;;;;6*(H3,1,2,3,4)/q;18*+1;;;;;;/p-18. The van der Waals surface area contributed by atoms with Crippen molar-refractivity contribution in [3.63, 3.8) is 0 Å². The molecule has 0 saturated heterocycles. The quantitative estimate of drug-likeness (QED) is 0.0745. The van der Waals surface area contributed by atoms with Gasteiger partial charge in [-0.25, -0.2) is 0 Å². The summed E-state index contributed by atoms with van der Waals surface area (Å²) in [6.45, 7) is 0. The molecule has 0 amide bonds. The summed E-state index contributed by atoms with van der Waals surface area (Å²) in [7, 11) is -32.3. The molecule has 1 aliphatic carbocycles. The first kappa shape index (κ1) is 159. The summed E-state index contributed by atoms with van der Waals surface area (Å²) in [5.41, 5.74) is 0. The number of hydrogen-bond donors (Lipinski definition) is 6. The van der Waals surface area contributed by atoms with Crippen LogP contribution in [0, 0.1) is 0 Å². The van der Waals surface area contributed by atoms with Gasteiger partial charge in [0.05, 0.1) is 0 Å². The predicted molar refractivity (Wildman–Crippen MR) is 81.0 cm³/mol. The van der Waals surface area contributed by atoms with Crippen LogP contribution in [-0.2, 0) is 27.4 Å². The van der Waals surface area contributed by atoms with E-state index in [1.54, 1.807) is 0 Å². The van der Waals surface area contributed by atoms with Gasteiger partial charge in [0.15, 0.2) is 0 Å². The van der Waals surface area contributed by atoms with E-state index < -0.39 is 64.3 Å². The summed E-state index contributed by atoms with van der Waals surface area (Å²) in [5, 5.41) is 53.9. The van der Waals surface area contributed by atoms with E-state index in [1.807, 2.05) is 0 Å². The summed E-state index contributed by atoms with van der Waals surface area (Å²) in [5.74, 6) is -9.07. The Labute approximate surface area is 741 Å². The second-order valence-corrected chi connectivity index (χ2v) is 11.2. The van der Waals surface area contributed by atoms with Crippen LogP contribution in [0.1, 0.15) is 19.3 Å². The van der Waals surface area contributed by atoms with Crippen LogP contribution in [0.15, 0.2) is 0 Å². The molecule has 0 aromatic rings. The Kier molecular flexibility index (Phi) is 210. The van der Waals surface area contributed by atoms with Crippen molar-refractivity contribution in [2.75, 3.05) is 0 Å². The average Bonchev–Trinajstić information content (AvgIpc) is 2.42. The molecule has 0 aliphatic heterocycles. The van der Waals surface area contributed by atoms with Crippen LogP contribution < -0.4 is 620 Å². The molecular weight excluding hydrogens is 1150 g/mol. The van der Waals surface area contributed by atoms with E-state index in [0.29, 0.717) is 0 Å². The van der Waals surface area contributed by atoms with Gasteiger partial charge in [-0.15, -0.1) is 0 Å². The molecule has 0 bridgehead atoms. The zero-order valence-corrected chi connectivity index (χ0v) is 78.2. The fourth-order valence-electron chi connectivity index (χ4n) is 1.25. The van der Waals surface area contributed by atoms with Crippen LogP contribution in [0.25, 0.3) is 0 Å². The Balaban J connectivity index is -0.0000000112. The van der Waals surface area contributed by atoms with Crippen molar-refractivity contribution in [1.29, 1.82) is 0 Å². The van der Waals surface area contributed by atoms with Gasteiger partial charge < -0.3 is 146 Å². The van der Waals surface area contributed by atoms with Crippen molar-refractivity contribution in [2.45, 2.75) is 36.6 Å². The molecular formula is C6H12Na18O30P6. The molecule has 0 aromatic heterocycles. The van der Waals surface area contributed by atoms with Gasteiger partial charge in [0, 0.05) is 12.8 Å². The number of rotatable bonds is 0. The van der Waals surface area contributed by atoms with Gasteiger partial charge in [0.2, 0.25) is 11.6 Å². The molecule has 1 fully saturated rings. The molecule has 0 spiro atoms. The number of phosphoric acid groups is 6. The van der Waals surface area contributed by atoms with E-state index in [9.17, 15) is 0 Å². The average molecular weight is 1160 g/mol. The molecule has 0 aromatic carbocycles. The van der Waals surface area contributed by atoms with E-state index in [1.165, 1.54) is 0 Å². The third kappa shape index (κ3) is 220. The van der Waals surface area contributed by atoms with Gasteiger partial charge in [0.25, 0.3) is 5.79 Å². The number of hydrogen-bond acceptors (Lipinski definition) is 30. The van der Waals surface area contributed by atoms with Gasteiger partial charge >= 0.3 is 532 Å². The van der Waals surface area contributed by atoms with Crippen molar-refractivity contribution in [3.8, 4) is 0 Å². The maximum absolute atomic E-state index is 8.99. The van der Waals surface area contributed by atoms with Gasteiger partial charge in [-0.1, -0.05) is 0 Å². The Morgan fingerprint density at radius 1 is 0.250 bits per heavy atom. The predicted octanol–water partition coefficient (Wildman–Crippen LogP) is -73.7. The molecule has 1 aliphatic rings. The Bertz CT molecular complexity index is 821. The van der Waals surface area contributed by atoms with E-state index in [2.05, 4.69) is 0 Å². The molecule has 1 rings (SSSR count). The van der Waals surface area contributed by atoms with Crippen LogP contribution in [0.3, 0.4) is 0 Å². The molecule has 0 unspecified atom stereocenters. The second kappa shape index (κ2) is 79.5. The van der Waals surface area contributed by atoms with E-state index in [4.69, 9.17) is 146 Å². The molecule has 0 heterocycles. The first-order chi connectivity index (χ1) is 17.2. The van der Waals surface area contributed by atoms with Crippen molar-refractivity contribution in [1.82, 2.24) is 0 Å². The summed E-state index contributed by atoms with van der Waals surface area (Å²) >= 11 is 0. The summed E-state index contributed by atoms with van der Waals surface area (Å²) in [6, 6.07) is 0. The third-order valence-corrected chi connectivity index (χ3v) is 2.17. The van der Waals surface area contributed by atoms with Crippen LogP contribution in [-0.4, -0.2) is 48.0 Å². The maximum atomic E-state index is 8.99. The minimum absolute atomic E-state index is 0. The normalized spacial score (nSPS) is 12.2. The van der Waals surface area contributed by atoms with Gasteiger partial charge in [-0.2, -0.15) is 46.9 Å². The van der Waals surface area contributed by atoms with Crippen LogP contribution >= 0.6 is 46.9 Å². The Morgan fingerprint density at radius 2 is 0.317 bits per heavy atom. The first-order valence-electron chi connectivity index (χ1n) is 7.93. The SMILES string of the molecule is O=P([O-])([O-])[O-].O=P([O-])([O-])[O-].O=P([O-])([O-])[O-].O=P([O-])([O-])[O-].O=P([O-])([O-])[O-].O=P([O-])([O-])[O-].OC1(O)CCCC(O)(O)C1(O)O.[Na+].[Na+].[Na+].[Na+].[Na+].[Na+].[Na+].[Na+].[Na+].[Na+].[Na+].[Na+].[Na+].[Na+].[Na+].[Na+].[Na+].[Na+]. The molecule has 264 valence electrons. The van der Waals surface area contributed by atoms with Crippen LogP contribution in [0.2, 0.25) is 0 Å². The molecule has 6 N–H and O–H groups in total. The Morgan fingerprint density at radius 3 is 0.367 bits per heavy atom. The smallest absolute Gasteiger partial charge is 0.822 e. The van der Waals surface area contributed by atoms with Gasteiger partial charge in [-0.05, 0) is 6.42 Å². The van der Waals surface area contributed by atoms with Gasteiger partial charge in [0.1, 0.15) is 0 Å². The molecule has 30 nitrogen and oxygen atoms in total. The van der Waals surface area contributed by atoms with E-state index in [-0.39, 0.29) is 551 Å². The molecule has 0 atom stereocenters. The zero-order chi connectivity index (χ0) is 36.6. The number of aliphatic hydroxyl groups is 6. The van der Waals surface area contributed by atoms with Crippen molar-refractivity contribution >= 4 is 46.9 Å².